The third kappa shape index (κ3) is 5.66. The Morgan fingerprint density at radius 3 is 2.62 bits per heavy atom. The molecule has 0 aliphatic carbocycles. The third-order valence-corrected chi connectivity index (χ3v) is 5.14. The molecule has 0 spiro atoms. The summed E-state index contributed by atoms with van der Waals surface area (Å²) < 4.78 is 22.0. The lowest BCUT2D eigenvalue weighted by atomic mass is 10.2. The Bertz CT molecular complexity index is 1070. The molecule has 2 aromatic carbocycles. The molecule has 0 bridgehead atoms. The number of benzene rings is 2. The highest BCUT2D eigenvalue weighted by Gasteiger charge is 2.17. The molecule has 1 N–H and O–H groups in total. The van der Waals surface area contributed by atoms with E-state index in [1.807, 2.05) is 30.3 Å². The maximum absolute atomic E-state index is 12.6. The number of carbonyl (C=O) groups is 2. The molecule has 1 aliphatic heterocycles. The van der Waals surface area contributed by atoms with E-state index in [1.165, 1.54) is 6.92 Å². The van der Waals surface area contributed by atoms with Crippen molar-refractivity contribution in [3.8, 4) is 11.5 Å². The van der Waals surface area contributed by atoms with Crippen LogP contribution in [-0.4, -0.2) is 61.3 Å². The van der Waals surface area contributed by atoms with E-state index < -0.39 is 11.9 Å². The van der Waals surface area contributed by atoms with E-state index in [0.717, 1.165) is 18.7 Å². The Labute approximate surface area is 186 Å². The van der Waals surface area contributed by atoms with Gasteiger partial charge in [0.25, 0.3) is 0 Å². The molecular formula is C24H26N2O6. The van der Waals surface area contributed by atoms with Crippen LogP contribution in [0.3, 0.4) is 0 Å². The highest BCUT2D eigenvalue weighted by molar-refractivity contribution is 5.97. The van der Waals surface area contributed by atoms with Gasteiger partial charge in [-0.15, -0.1) is 0 Å². The van der Waals surface area contributed by atoms with Crippen LogP contribution in [0.25, 0.3) is 10.9 Å². The number of esters is 2. The van der Waals surface area contributed by atoms with Gasteiger partial charge in [0, 0.05) is 44.1 Å². The van der Waals surface area contributed by atoms with E-state index in [4.69, 9.17) is 18.9 Å². The number of aromatic amines is 1. The summed E-state index contributed by atoms with van der Waals surface area (Å²) in [5.41, 5.74) is 1.93. The highest BCUT2D eigenvalue weighted by Crippen LogP contribution is 2.33. The van der Waals surface area contributed by atoms with Gasteiger partial charge >= 0.3 is 11.9 Å². The predicted octanol–water partition coefficient (Wildman–Crippen LogP) is 3.16. The van der Waals surface area contributed by atoms with Crippen LogP contribution >= 0.6 is 0 Å². The van der Waals surface area contributed by atoms with E-state index in [2.05, 4.69) is 9.88 Å². The molecule has 1 aromatic heterocycles. The quantitative estimate of drug-likeness (QED) is 0.427. The Morgan fingerprint density at radius 1 is 1.09 bits per heavy atom. The SMILES string of the molecule is CC(=O)Oc1cc(OCc2ccccc2)c2cc(C(=O)OCCN3CCOCC3)[nH]c2c1. The smallest absolute Gasteiger partial charge is 0.354 e. The number of aromatic nitrogens is 1. The highest BCUT2D eigenvalue weighted by atomic mass is 16.5. The fourth-order valence-electron chi connectivity index (χ4n) is 3.54. The van der Waals surface area contributed by atoms with E-state index in [0.29, 0.717) is 61.1 Å². The standard InChI is InChI=1S/C24H26N2O6/c1-17(27)32-19-13-21-20(23(14-19)31-16-18-5-3-2-4-6-18)15-22(25-21)24(28)30-12-9-26-7-10-29-11-8-26/h2-6,13-15,25H,7-12,16H2,1H3. The van der Waals surface area contributed by atoms with Gasteiger partial charge in [-0.05, 0) is 11.6 Å². The molecule has 0 unspecified atom stereocenters. The molecular weight excluding hydrogens is 412 g/mol. The van der Waals surface area contributed by atoms with Gasteiger partial charge in [0.05, 0.1) is 18.7 Å². The van der Waals surface area contributed by atoms with Gasteiger partial charge in [-0.3, -0.25) is 9.69 Å². The summed E-state index contributed by atoms with van der Waals surface area (Å²) in [6.07, 6.45) is 0. The van der Waals surface area contributed by atoms with Crippen LogP contribution in [-0.2, 0) is 20.9 Å². The normalized spacial score (nSPS) is 14.3. The molecule has 32 heavy (non-hydrogen) atoms. The number of carbonyl (C=O) groups excluding carboxylic acids is 2. The molecule has 4 rings (SSSR count). The topological polar surface area (TPSA) is 90.1 Å². The van der Waals surface area contributed by atoms with Crippen LogP contribution in [0.1, 0.15) is 23.0 Å². The number of hydrogen-bond acceptors (Lipinski definition) is 7. The van der Waals surface area contributed by atoms with Gasteiger partial charge in [0.2, 0.25) is 0 Å². The minimum Gasteiger partial charge on any atom is -0.488 e. The van der Waals surface area contributed by atoms with Crippen molar-refractivity contribution in [2.24, 2.45) is 0 Å². The molecule has 168 valence electrons. The zero-order valence-electron chi connectivity index (χ0n) is 18.0. The molecule has 0 atom stereocenters. The second-order valence-electron chi connectivity index (χ2n) is 7.52. The Kier molecular flexibility index (Phi) is 7.03. The van der Waals surface area contributed by atoms with Crippen LogP contribution < -0.4 is 9.47 Å². The Morgan fingerprint density at radius 2 is 1.88 bits per heavy atom. The van der Waals surface area contributed by atoms with E-state index >= 15 is 0 Å². The molecule has 1 aliphatic rings. The maximum atomic E-state index is 12.6. The van der Waals surface area contributed by atoms with Gasteiger partial charge in [-0.25, -0.2) is 4.79 Å². The van der Waals surface area contributed by atoms with Crippen LogP contribution in [0.2, 0.25) is 0 Å². The molecule has 2 heterocycles. The molecule has 1 saturated heterocycles. The first-order chi connectivity index (χ1) is 15.6. The van der Waals surface area contributed by atoms with Crippen molar-refractivity contribution in [1.29, 1.82) is 0 Å². The second kappa shape index (κ2) is 10.3. The fourth-order valence-corrected chi connectivity index (χ4v) is 3.54. The Hall–Kier alpha value is -3.36. The molecule has 0 amide bonds. The number of nitrogens with one attached hydrogen (secondary N) is 1. The van der Waals surface area contributed by atoms with E-state index in [9.17, 15) is 9.59 Å². The number of ether oxygens (including phenoxy) is 4. The first-order valence-electron chi connectivity index (χ1n) is 10.6. The third-order valence-electron chi connectivity index (χ3n) is 5.14. The van der Waals surface area contributed by atoms with Gasteiger partial charge in [0.15, 0.2) is 0 Å². The summed E-state index contributed by atoms with van der Waals surface area (Å²) >= 11 is 0. The molecule has 3 aromatic rings. The van der Waals surface area contributed by atoms with Crippen molar-refractivity contribution < 1.29 is 28.5 Å². The zero-order valence-corrected chi connectivity index (χ0v) is 18.0. The molecule has 0 saturated carbocycles. The van der Waals surface area contributed by atoms with E-state index in [1.54, 1.807) is 18.2 Å². The van der Waals surface area contributed by atoms with Crippen molar-refractivity contribution in [1.82, 2.24) is 9.88 Å². The summed E-state index contributed by atoms with van der Waals surface area (Å²) in [6.45, 7) is 5.71. The Balaban J connectivity index is 1.49. The van der Waals surface area contributed by atoms with Crippen molar-refractivity contribution in [2.45, 2.75) is 13.5 Å². The lowest BCUT2D eigenvalue weighted by Crippen LogP contribution is -2.38. The monoisotopic (exact) mass is 438 g/mol. The number of H-pyrrole nitrogens is 1. The lowest BCUT2D eigenvalue weighted by molar-refractivity contribution is -0.131. The first-order valence-corrected chi connectivity index (χ1v) is 10.6. The van der Waals surface area contributed by atoms with Gasteiger partial charge in [0.1, 0.15) is 30.4 Å². The minimum absolute atomic E-state index is 0.296. The molecule has 8 nitrogen and oxygen atoms in total. The number of hydrogen-bond donors (Lipinski definition) is 1. The number of nitrogens with zero attached hydrogens (tertiary/aromatic N) is 1. The number of rotatable bonds is 8. The molecule has 1 fully saturated rings. The van der Waals surface area contributed by atoms with Crippen molar-refractivity contribution in [3.63, 3.8) is 0 Å². The fraction of sp³-hybridized carbons (Fsp3) is 0.333. The summed E-state index contributed by atoms with van der Waals surface area (Å²) in [7, 11) is 0. The number of fused-ring (bicyclic) bond motifs is 1. The summed E-state index contributed by atoms with van der Waals surface area (Å²) in [4.78, 5) is 29.3. The van der Waals surface area contributed by atoms with Gasteiger partial charge in [-0.2, -0.15) is 0 Å². The largest absolute Gasteiger partial charge is 0.488 e. The minimum atomic E-state index is -0.447. The molecule has 0 radical (unpaired) electrons. The lowest BCUT2D eigenvalue weighted by Gasteiger charge is -2.26. The van der Waals surface area contributed by atoms with Crippen LogP contribution in [0, 0.1) is 0 Å². The van der Waals surface area contributed by atoms with Crippen molar-refractivity contribution >= 4 is 22.8 Å². The first kappa shape index (κ1) is 21.9. The predicted molar refractivity (Wildman–Crippen MR) is 118 cm³/mol. The van der Waals surface area contributed by atoms with E-state index in [-0.39, 0.29) is 0 Å². The summed E-state index contributed by atoms with van der Waals surface area (Å²) in [5.74, 6) is -0.0430. The zero-order chi connectivity index (χ0) is 22.3. The average molecular weight is 438 g/mol. The molecule has 8 heteroatoms. The summed E-state index contributed by atoms with van der Waals surface area (Å²) in [6, 6.07) is 14.7. The summed E-state index contributed by atoms with van der Waals surface area (Å²) in [5, 5.41) is 0.706. The average Bonchev–Trinajstić information content (AvgIpc) is 3.23. The van der Waals surface area contributed by atoms with Crippen LogP contribution in [0.15, 0.2) is 48.5 Å². The second-order valence-corrected chi connectivity index (χ2v) is 7.52. The van der Waals surface area contributed by atoms with Gasteiger partial charge < -0.3 is 23.9 Å². The van der Waals surface area contributed by atoms with Gasteiger partial charge in [-0.1, -0.05) is 30.3 Å². The van der Waals surface area contributed by atoms with Crippen LogP contribution in [0.4, 0.5) is 0 Å². The van der Waals surface area contributed by atoms with Crippen LogP contribution in [0.5, 0.6) is 11.5 Å². The van der Waals surface area contributed by atoms with Crippen molar-refractivity contribution in [2.75, 3.05) is 39.5 Å². The van der Waals surface area contributed by atoms with Crippen molar-refractivity contribution in [3.05, 3.63) is 59.8 Å². The maximum Gasteiger partial charge on any atom is 0.354 e. The number of morpholine rings is 1.